The molecule has 2 aromatic rings. The van der Waals surface area contributed by atoms with Crippen molar-refractivity contribution in [3.8, 4) is 0 Å². The normalized spacial score (nSPS) is 14.8. The zero-order valence-electron chi connectivity index (χ0n) is 12.3. The minimum atomic E-state index is -0.829. The van der Waals surface area contributed by atoms with Crippen molar-refractivity contribution in [2.24, 2.45) is 0 Å². The molecule has 1 atom stereocenters. The van der Waals surface area contributed by atoms with E-state index in [1.54, 1.807) is 0 Å². The van der Waals surface area contributed by atoms with Crippen LogP contribution in [-0.4, -0.2) is 20.1 Å². The molecular weight excluding hydrogens is 311 g/mol. The summed E-state index contributed by atoms with van der Waals surface area (Å²) >= 11 is 0.340. The summed E-state index contributed by atoms with van der Waals surface area (Å²) in [5.74, 6) is 2.20. The van der Waals surface area contributed by atoms with E-state index in [2.05, 4.69) is 31.8 Å². The third-order valence-corrected chi connectivity index (χ3v) is 6.91. The third kappa shape index (κ3) is 2.98. The summed E-state index contributed by atoms with van der Waals surface area (Å²) in [5.41, 5.74) is 1.36. The molecule has 0 aromatic heterocycles. The molecule has 1 nitrogen and oxygen atoms in total. The van der Waals surface area contributed by atoms with Crippen LogP contribution in [0.1, 0.15) is 25.0 Å². The average Bonchev–Trinajstić information content (AvgIpc) is 2.49. The van der Waals surface area contributed by atoms with Gasteiger partial charge in [0.25, 0.3) is 0 Å². The molecule has 0 bridgehead atoms. The van der Waals surface area contributed by atoms with Crippen molar-refractivity contribution in [1.29, 1.82) is 0 Å². The summed E-state index contributed by atoms with van der Waals surface area (Å²) in [4.78, 5) is 0. The van der Waals surface area contributed by atoms with Gasteiger partial charge in [0.05, 0.1) is 0 Å². The molecular formula is C18H22OSe. The number of benzene rings is 2. The summed E-state index contributed by atoms with van der Waals surface area (Å²) in [5, 5.41) is 11.5. The second-order valence-electron chi connectivity index (χ2n) is 5.60. The summed E-state index contributed by atoms with van der Waals surface area (Å²) in [6.45, 7) is 4.34. The first-order valence-corrected chi connectivity index (χ1v) is 9.43. The van der Waals surface area contributed by atoms with Crippen LogP contribution in [0.25, 0.3) is 0 Å². The Labute approximate surface area is 128 Å². The molecule has 0 saturated heterocycles. The van der Waals surface area contributed by atoms with Crippen LogP contribution in [0, 0.1) is 0 Å². The van der Waals surface area contributed by atoms with E-state index in [0.717, 1.165) is 5.56 Å². The summed E-state index contributed by atoms with van der Waals surface area (Å²) in [6.07, 6.45) is 0.653. The van der Waals surface area contributed by atoms with Crippen LogP contribution < -0.4 is 0 Å². The van der Waals surface area contributed by atoms with Crippen LogP contribution in [-0.2, 0) is 12.0 Å². The molecule has 2 heteroatoms. The van der Waals surface area contributed by atoms with Crippen molar-refractivity contribution in [3.05, 3.63) is 71.8 Å². The van der Waals surface area contributed by atoms with Crippen molar-refractivity contribution >= 4 is 15.0 Å². The predicted octanol–water partition coefficient (Wildman–Crippen LogP) is 4.07. The molecule has 0 heterocycles. The van der Waals surface area contributed by atoms with Crippen molar-refractivity contribution in [2.75, 3.05) is 0 Å². The first-order valence-electron chi connectivity index (χ1n) is 6.86. The van der Waals surface area contributed by atoms with Crippen LogP contribution in [0.4, 0.5) is 0 Å². The SMILES string of the molecule is C[Se]C(C)(C)C(O)(Cc1ccccc1)c1ccccc1. The van der Waals surface area contributed by atoms with Crippen molar-refractivity contribution in [3.63, 3.8) is 0 Å². The standard InChI is InChI=1S/C18H22OSe/c1-17(2,20-3)18(19,16-12-8-5-9-13-16)14-15-10-6-4-7-11-15/h4-13,19H,14H2,1-3H3. The van der Waals surface area contributed by atoms with Gasteiger partial charge in [-0.1, -0.05) is 0 Å². The van der Waals surface area contributed by atoms with E-state index in [-0.39, 0.29) is 4.31 Å². The summed E-state index contributed by atoms with van der Waals surface area (Å²) in [6, 6.07) is 20.3. The van der Waals surface area contributed by atoms with Gasteiger partial charge in [0.2, 0.25) is 0 Å². The Balaban J connectivity index is 2.45. The Kier molecular flexibility index (Phi) is 4.70. The Hall–Kier alpha value is -1.08. The molecule has 0 radical (unpaired) electrons. The fraction of sp³-hybridized carbons (Fsp3) is 0.333. The maximum atomic E-state index is 11.5. The zero-order valence-corrected chi connectivity index (χ0v) is 14.0. The topological polar surface area (TPSA) is 20.2 Å². The Bertz CT molecular complexity index is 536. The fourth-order valence-electron chi connectivity index (χ4n) is 2.44. The first-order chi connectivity index (χ1) is 9.49. The Morgan fingerprint density at radius 1 is 0.900 bits per heavy atom. The van der Waals surface area contributed by atoms with Crippen LogP contribution in [0.2, 0.25) is 10.1 Å². The molecule has 1 unspecified atom stereocenters. The molecule has 106 valence electrons. The van der Waals surface area contributed by atoms with Gasteiger partial charge in [0.15, 0.2) is 0 Å². The quantitative estimate of drug-likeness (QED) is 0.818. The number of rotatable bonds is 5. The van der Waals surface area contributed by atoms with Crippen LogP contribution >= 0.6 is 0 Å². The predicted molar refractivity (Wildman–Crippen MR) is 86.1 cm³/mol. The van der Waals surface area contributed by atoms with Crippen molar-refractivity contribution in [1.82, 2.24) is 0 Å². The molecule has 0 saturated carbocycles. The molecule has 0 fully saturated rings. The van der Waals surface area contributed by atoms with E-state index in [9.17, 15) is 5.11 Å². The molecule has 0 amide bonds. The molecule has 2 rings (SSSR count). The molecule has 2 aromatic carbocycles. The second kappa shape index (κ2) is 6.13. The second-order valence-corrected chi connectivity index (χ2v) is 8.60. The maximum absolute atomic E-state index is 11.5. The summed E-state index contributed by atoms with van der Waals surface area (Å²) in [7, 11) is 0. The monoisotopic (exact) mass is 334 g/mol. The minimum absolute atomic E-state index is 0.128. The molecule has 0 spiro atoms. The van der Waals surface area contributed by atoms with Gasteiger partial charge in [-0.05, 0) is 0 Å². The Morgan fingerprint density at radius 2 is 1.40 bits per heavy atom. The zero-order chi connectivity index (χ0) is 14.6. The van der Waals surface area contributed by atoms with Gasteiger partial charge in [0.1, 0.15) is 0 Å². The van der Waals surface area contributed by atoms with E-state index < -0.39 is 5.60 Å². The van der Waals surface area contributed by atoms with E-state index in [1.807, 2.05) is 48.5 Å². The number of hydrogen-bond acceptors (Lipinski definition) is 1. The third-order valence-electron chi connectivity index (χ3n) is 4.06. The van der Waals surface area contributed by atoms with Crippen LogP contribution in [0.15, 0.2) is 60.7 Å². The Morgan fingerprint density at radius 3 is 1.90 bits per heavy atom. The van der Waals surface area contributed by atoms with Crippen LogP contribution in [0.3, 0.4) is 0 Å². The first kappa shape index (κ1) is 15.3. The van der Waals surface area contributed by atoms with E-state index in [4.69, 9.17) is 0 Å². The van der Waals surface area contributed by atoms with Gasteiger partial charge in [-0.3, -0.25) is 0 Å². The van der Waals surface area contributed by atoms with Crippen molar-refractivity contribution in [2.45, 2.75) is 36.0 Å². The average molecular weight is 333 g/mol. The molecule has 0 aliphatic carbocycles. The summed E-state index contributed by atoms with van der Waals surface area (Å²) < 4.78 is -0.128. The van der Waals surface area contributed by atoms with E-state index in [1.165, 1.54) is 5.56 Å². The number of aliphatic hydroxyl groups is 1. The van der Waals surface area contributed by atoms with Gasteiger partial charge in [-0.2, -0.15) is 0 Å². The van der Waals surface area contributed by atoms with Crippen molar-refractivity contribution < 1.29 is 5.11 Å². The van der Waals surface area contributed by atoms with E-state index >= 15 is 0 Å². The van der Waals surface area contributed by atoms with Gasteiger partial charge in [-0.25, -0.2) is 0 Å². The van der Waals surface area contributed by atoms with E-state index in [0.29, 0.717) is 21.4 Å². The fourth-order valence-corrected chi connectivity index (χ4v) is 3.54. The van der Waals surface area contributed by atoms with Gasteiger partial charge in [0, 0.05) is 0 Å². The number of hydrogen-bond donors (Lipinski definition) is 1. The van der Waals surface area contributed by atoms with Gasteiger partial charge < -0.3 is 0 Å². The molecule has 0 aliphatic rings. The van der Waals surface area contributed by atoms with Gasteiger partial charge >= 0.3 is 128 Å². The van der Waals surface area contributed by atoms with Crippen LogP contribution in [0.5, 0.6) is 0 Å². The molecule has 0 aliphatic heterocycles. The molecule has 20 heavy (non-hydrogen) atoms. The van der Waals surface area contributed by atoms with Gasteiger partial charge in [-0.15, -0.1) is 0 Å². The molecule has 1 N–H and O–H groups in total.